The summed E-state index contributed by atoms with van der Waals surface area (Å²) in [6.45, 7) is -1.46. The first-order valence-electron chi connectivity index (χ1n) is 7.19. The van der Waals surface area contributed by atoms with Gasteiger partial charge in [0, 0.05) is 5.02 Å². The van der Waals surface area contributed by atoms with Crippen molar-refractivity contribution in [2.24, 2.45) is 0 Å². The molecular weight excluding hydrogens is 359 g/mol. The predicted octanol–water partition coefficient (Wildman–Crippen LogP) is 4.47. The fourth-order valence-corrected chi connectivity index (χ4v) is 2.18. The summed E-state index contributed by atoms with van der Waals surface area (Å²) in [5, 5.41) is 2.78. The van der Waals surface area contributed by atoms with Gasteiger partial charge >= 0.3 is 6.18 Å². The quantitative estimate of drug-likeness (QED) is 0.812. The van der Waals surface area contributed by atoms with Crippen LogP contribution in [0.3, 0.4) is 0 Å². The van der Waals surface area contributed by atoms with Crippen molar-refractivity contribution >= 4 is 23.2 Å². The molecule has 2 aromatic rings. The van der Waals surface area contributed by atoms with Crippen molar-refractivity contribution < 1.29 is 27.4 Å². The number of anilines is 1. The largest absolute Gasteiger partial charge is 0.497 e. The lowest BCUT2D eigenvalue weighted by molar-refractivity contribution is -0.153. The van der Waals surface area contributed by atoms with Crippen LogP contribution in [-0.4, -0.2) is 25.8 Å². The second-order valence-electron chi connectivity index (χ2n) is 5.12. The normalized spacial score (nSPS) is 11.1. The van der Waals surface area contributed by atoms with Gasteiger partial charge in [0.05, 0.1) is 19.2 Å². The highest BCUT2D eigenvalue weighted by atomic mass is 35.5. The average Bonchev–Trinajstić information content (AvgIpc) is 2.54. The third-order valence-corrected chi connectivity index (χ3v) is 3.37. The second-order valence-corrected chi connectivity index (χ2v) is 5.55. The fourth-order valence-electron chi connectivity index (χ4n) is 2.01. The van der Waals surface area contributed by atoms with Gasteiger partial charge in [-0.05, 0) is 35.9 Å². The lowest BCUT2D eigenvalue weighted by Crippen LogP contribution is -2.20. The molecule has 25 heavy (non-hydrogen) atoms. The molecule has 1 amide bonds. The third-order valence-electron chi connectivity index (χ3n) is 3.13. The molecule has 0 atom stereocenters. The van der Waals surface area contributed by atoms with Crippen LogP contribution in [0, 0.1) is 0 Å². The van der Waals surface area contributed by atoms with Crippen molar-refractivity contribution in [2.45, 2.75) is 12.6 Å². The molecule has 4 nitrogen and oxygen atoms in total. The van der Waals surface area contributed by atoms with E-state index in [9.17, 15) is 18.0 Å². The van der Waals surface area contributed by atoms with Crippen LogP contribution in [0.4, 0.5) is 18.9 Å². The van der Waals surface area contributed by atoms with Crippen molar-refractivity contribution in [2.75, 3.05) is 19.0 Å². The number of nitrogens with one attached hydrogen (secondary N) is 1. The van der Waals surface area contributed by atoms with Crippen molar-refractivity contribution in [1.82, 2.24) is 0 Å². The minimum Gasteiger partial charge on any atom is -0.497 e. The molecular formula is C17H15ClF3NO3. The Bertz CT molecular complexity index is 733. The van der Waals surface area contributed by atoms with E-state index in [1.165, 1.54) is 25.3 Å². The van der Waals surface area contributed by atoms with Gasteiger partial charge in [-0.1, -0.05) is 23.7 Å². The summed E-state index contributed by atoms with van der Waals surface area (Å²) < 4.78 is 46.7. The van der Waals surface area contributed by atoms with Crippen molar-refractivity contribution in [3.63, 3.8) is 0 Å². The van der Waals surface area contributed by atoms with E-state index in [2.05, 4.69) is 5.32 Å². The molecule has 0 saturated carbocycles. The molecule has 0 fully saturated rings. The van der Waals surface area contributed by atoms with Crippen LogP contribution in [0.25, 0.3) is 0 Å². The van der Waals surface area contributed by atoms with Crippen LogP contribution < -0.4 is 14.8 Å². The summed E-state index contributed by atoms with van der Waals surface area (Å²) in [4.78, 5) is 12.1. The molecule has 0 radical (unpaired) electrons. The molecule has 0 aliphatic carbocycles. The Hall–Kier alpha value is -2.41. The number of hydrogen-bond donors (Lipinski definition) is 1. The molecule has 134 valence electrons. The number of carbonyl (C=O) groups excluding carboxylic acids is 1. The smallest absolute Gasteiger partial charge is 0.422 e. The fraction of sp³-hybridized carbons (Fsp3) is 0.235. The molecule has 0 heterocycles. The molecule has 0 aliphatic rings. The van der Waals surface area contributed by atoms with Gasteiger partial charge in [-0.3, -0.25) is 4.79 Å². The van der Waals surface area contributed by atoms with Crippen LogP contribution in [0.2, 0.25) is 5.02 Å². The number of halogens is 4. The Kier molecular flexibility index (Phi) is 6.14. The molecule has 0 saturated heterocycles. The molecule has 2 rings (SSSR count). The number of methoxy groups -OCH3 is 1. The first-order valence-corrected chi connectivity index (χ1v) is 7.56. The van der Waals surface area contributed by atoms with Gasteiger partial charge in [0.1, 0.15) is 11.5 Å². The van der Waals surface area contributed by atoms with Crippen molar-refractivity contribution in [1.29, 1.82) is 0 Å². The summed E-state index contributed by atoms with van der Waals surface area (Å²) in [6, 6.07) is 10.8. The highest BCUT2D eigenvalue weighted by molar-refractivity contribution is 6.31. The highest BCUT2D eigenvalue weighted by Gasteiger charge is 2.29. The minimum atomic E-state index is -4.48. The van der Waals surface area contributed by atoms with Gasteiger partial charge in [0.15, 0.2) is 6.61 Å². The Balaban J connectivity index is 2.06. The SMILES string of the molecule is COc1ccc(CC(=O)Nc2cc(Cl)ccc2OCC(F)(F)F)cc1. The molecule has 0 spiro atoms. The van der Waals surface area contributed by atoms with Gasteiger partial charge in [-0.25, -0.2) is 0 Å². The topological polar surface area (TPSA) is 47.6 Å². The van der Waals surface area contributed by atoms with Crippen LogP contribution in [-0.2, 0) is 11.2 Å². The number of rotatable bonds is 6. The number of hydrogen-bond acceptors (Lipinski definition) is 3. The maximum atomic E-state index is 12.3. The number of amides is 1. The van der Waals surface area contributed by atoms with Crippen LogP contribution in [0.5, 0.6) is 11.5 Å². The third kappa shape index (κ3) is 6.19. The van der Waals surface area contributed by atoms with E-state index in [0.717, 1.165) is 5.56 Å². The lowest BCUT2D eigenvalue weighted by Gasteiger charge is -2.14. The van der Waals surface area contributed by atoms with E-state index in [1.807, 2.05) is 0 Å². The maximum absolute atomic E-state index is 12.3. The molecule has 0 unspecified atom stereocenters. The number of benzene rings is 2. The van der Waals surface area contributed by atoms with Crippen LogP contribution >= 0.6 is 11.6 Å². The zero-order valence-corrected chi connectivity index (χ0v) is 13.9. The summed E-state index contributed by atoms with van der Waals surface area (Å²) in [5.74, 6) is 0.135. The average molecular weight is 374 g/mol. The lowest BCUT2D eigenvalue weighted by atomic mass is 10.1. The van der Waals surface area contributed by atoms with Crippen molar-refractivity contribution in [3.8, 4) is 11.5 Å². The van der Waals surface area contributed by atoms with E-state index in [0.29, 0.717) is 5.75 Å². The summed E-state index contributed by atoms with van der Waals surface area (Å²) in [5.41, 5.74) is 0.799. The molecule has 1 N–H and O–H groups in total. The van der Waals surface area contributed by atoms with Gasteiger partial charge in [0.25, 0.3) is 0 Å². The van der Waals surface area contributed by atoms with E-state index < -0.39 is 18.7 Å². The number of ether oxygens (including phenoxy) is 2. The Labute approximate surface area is 147 Å². The zero-order valence-electron chi connectivity index (χ0n) is 13.2. The molecule has 0 bridgehead atoms. The highest BCUT2D eigenvalue weighted by Crippen LogP contribution is 2.30. The van der Waals surface area contributed by atoms with Gasteiger partial charge in [-0.15, -0.1) is 0 Å². The number of carbonyl (C=O) groups is 1. The summed E-state index contributed by atoms with van der Waals surface area (Å²) >= 11 is 5.84. The van der Waals surface area contributed by atoms with Crippen LogP contribution in [0.1, 0.15) is 5.56 Å². The van der Waals surface area contributed by atoms with Crippen molar-refractivity contribution in [3.05, 3.63) is 53.1 Å². The maximum Gasteiger partial charge on any atom is 0.422 e. The van der Waals surface area contributed by atoms with E-state index in [1.54, 1.807) is 24.3 Å². The van der Waals surface area contributed by atoms with E-state index >= 15 is 0 Å². The number of alkyl halides is 3. The summed E-state index contributed by atoms with van der Waals surface area (Å²) in [7, 11) is 1.53. The molecule has 2 aromatic carbocycles. The molecule has 0 aliphatic heterocycles. The monoisotopic (exact) mass is 373 g/mol. The molecule has 0 aromatic heterocycles. The standard InChI is InChI=1S/C17H15ClF3NO3/c1-24-13-5-2-11(3-6-13)8-16(23)22-14-9-12(18)4-7-15(14)25-10-17(19,20)21/h2-7,9H,8,10H2,1H3,(H,22,23). The van der Waals surface area contributed by atoms with Crippen LogP contribution in [0.15, 0.2) is 42.5 Å². The predicted molar refractivity (Wildman–Crippen MR) is 88.3 cm³/mol. The van der Waals surface area contributed by atoms with E-state index in [4.69, 9.17) is 21.1 Å². The van der Waals surface area contributed by atoms with E-state index in [-0.39, 0.29) is 22.9 Å². The minimum absolute atomic E-state index is 0.0369. The Morgan fingerprint density at radius 3 is 2.44 bits per heavy atom. The first kappa shape index (κ1) is 18.9. The summed E-state index contributed by atoms with van der Waals surface area (Å²) in [6.07, 6.45) is -4.45. The van der Waals surface area contributed by atoms with Gasteiger partial charge in [0.2, 0.25) is 5.91 Å². The first-order chi connectivity index (χ1) is 11.8. The second kappa shape index (κ2) is 8.11. The van der Waals surface area contributed by atoms with Gasteiger partial charge in [-0.2, -0.15) is 13.2 Å². The Morgan fingerprint density at radius 1 is 1.16 bits per heavy atom. The Morgan fingerprint density at radius 2 is 1.84 bits per heavy atom. The van der Waals surface area contributed by atoms with Gasteiger partial charge < -0.3 is 14.8 Å². The molecule has 8 heteroatoms. The zero-order chi connectivity index (χ0) is 18.4.